The number of fused-ring (bicyclic) bond motifs is 5. The van der Waals surface area contributed by atoms with Crippen LogP contribution in [-0.4, -0.2) is 97.5 Å². The standard InChI is InChI=1S/C36H62O9/c1-31(2)22-10-15-34(6)23(33(22,5)13-11-24(31)44-30-29(41)28(40)27(39)21(18-37)43-30)17-20(38)26-19(9-14-35(26,34)7)36(8,42)16-12-25-32(3,4)45-25/h19-30,37-42H,9-18H2,1-8H3/t19-,20+,21+,22-,23+,24-,25-,26-,27+,28-,29+,30-,33-,34+,35+,36-/m0/s1. The van der Waals surface area contributed by atoms with Crippen LogP contribution in [0.5, 0.6) is 0 Å². The fourth-order valence-corrected chi connectivity index (χ4v) is 12.4. The molecule has 0 aromatic heterocycles. The first-order valence-electron chi connectivity index (χ1n) is 17.8. The molecule has 260 valence electrons. The van der Waals surface area contributed by atoms with Crippen molar-refractivity contribution >= 4 is 0 Å². The van der Waals surface area contributed by atoms with E-state index in [0.29, 0.717) is 18.3 Å². The number of aliphatic hydroxyl groups is 6. The van der Waals surface area contributed by atoms with Crippen molar-refractivity contribution in [3.63, 3.8) is 0 Å². The number of hydrogen-bond donors (Lipinski definition) is 6. The highest BCUT2D eigenvalue weighted by Crippen LogP contribution is 2.76. The molecule has 0 aromatic carbocycles. The average molecular weight is 639 g/mol. The molecule has 6 fully saturated rings. The Hall–Kier alpha value is -0.360. The Labute approximate surface area is 270 Å². The number of aliphatic hydroxyl groups excluding tert-OH is 5. The minimum Gasteiger partial charge on any atom is -0.394 e. The fourth-order valence-electron chi connectivity index (χ4n) is 12.4. The van der Waals surface area contributed by atoms with Crippen LogP contribution < -0.4 is 0 Å². The third-order valence-corrected chi connectivity index (χ3v) is 15.3. The minimum absolute atomic E-state index is 0.0234. The lowest BCUT2D eigenvalue weighted by Crippen LogP contribution is -2.67. The Morgan fingerprint density at radius 2 is 1.47 bits per heavy atom. The van der Waals surface area contributed by atoms with E-state index in [-0.39, 0.29) is 51.3 Å². The third-order valence-electron chi connectivity index (χ3n) is 15.3. The topological polar surface area (TPSA) is 152 Å². The summed E-state index contributed by atoms with van der Waals surface area (Å²) in [5.41, 5.74) is -1.31. The van der Waals surface area contributed by atoms with Crippen LogP contribution in [0.3, 0.4) is 0 Å². The maximum absolute atomic E-state index is 12.1. The highest BCUT2D eigenvalue weighted by atomic mass is 16.7. The molecule has 2 heterocycles. The van der Waals surface area contributed by atoms with Gasteiger partial charge in [-0.05, 0) is 124 Å². The molecule has 6 N–H and O–H groups in total. The molecule has 4 saturated carbocycles. The second kappa shape index (κ2) is 11.1. The van der Waals surface area contributed by atoms with Crippen LogP contribution in [0.2, 0.25) is 0 Å². The number of ether oxygens (including phenoxy) is 3. The van der Waals surface area contributed by atoms with Gasteiger partial charge in [0.25, 0.3) is 0 Å². The lowest BCUT2D eigenvalue weighted by molar-refractivity contribution is -0.332. The summed E-state index contributed by atoms with van der Waals surface area (Å²) in [6, 6.07) is 0. The summed E-state index contributed by atoms with van der Waals surface area (Å²) in [7, 11) is 0. The highest BCUT2D eigenvalue weighted by Gasteiger charge is 2.71. The molecule has 6 rings (SSSR count). The first-order chi connectivity index (χ1) is 20.7. The van der Waals surface area contributed by atoms with Crippen molar-refractivity contribution in [3.05, 3.63) is 0 Å². The molecule has 45 heavy (non-hydrogen) atoms. The molecule has 16 atom stereocenters. The molecule has 0 amide bonds. The first kappa shape index (κ1) is 34.5. The first-order valence-corrected chi connectivity index (χ1v) is 17.8. The maximum atomic E-state index is 12.1. The normalized spacial score (nSPS) is 54.8. The van der Waals surface area contributed by atoms with Crippen LogP contribution in [0.1, 0.15) is 113 Å². The maximum Gasteiger partial charge on any atom is 0.186 e. The largest absolute Gasteiger partial charge is 0.394 e. The quantitative estimate of drug-likeness (QED) is 0.182. The van der Waals surface area contributed by atoms with Gasteiger partial charge in [0.1, 0.15) is 24.4 Å². The Morgan fingerprint density at radius 3 is 2.09 bits per heavy atom. The molecular weight excluding hydrogens is 576 g/mol. The van der Waals surface area contributed by atoms with Crippen LogP contribution >= 0.6 is 0 Å². The zero-order chi connectivity index (χ0) is 33.1. The van der Waals surface area contributed by atoms with Crippen LogP contribution in [0.25, 0.3) is 0 Å². The molecule has 0 radical (unpaired) electrons. The Bertz CT molecular complexity index is 1110. The van der Waals surface area contributed by atoms with E-state index in [1.165, 1.54) is 0 Å². The van der Waals surface area contributed by atoms with Gasteiger partial charge in [-0.25, -0.2) is 0 Å². The SMILES string of the molecule is CC1(C)O[C@H]1CC[C@](C)(O)[C@H]1CC[C@]2(C)[C@@H]1[C@H](O)C[C@@H]1[C@@]3(C)CC[C@H](O[C@@H]4O[C@H](CO)[C@@H](O)[C@H](O)[C@H]4O)C(C)(C)[C@@H]3CC[C@]12C. The predicted octanol–water partition coefficient (Wildman–Crippen LogP) is 3.54. The lowest BCUT2D eigenvalue weighted by atomic mass is 9.35. The molecule has 0 unspecified atom stereocenters. The minimum atomic E-state index is -1.46. The van der Waals surface area contributed by atoms with E-state index in [4.69, 9.17) is 14.2 Å². The molecule has 0 spiro atoms. The van der Waals surface area contributed by atoms with E-state index < -0.39 is 49.0 Å². The summed E-state index contributed by atoms with van der Waals surface area (Å²) in [4.78, 5) is 0. The van der Waals surface area contributed by atoms with Gasteiger partial charge in [0.15, 0.2) is 6.29 Å². The molecule has 6 aliphatic rings. The van der Waals surface area contributed by atoms with Crippen LogP contribution in [0, 0.1) is 45.3 Å². The number of epoxide rings is 1. The third kappa shape index (κ3) is 5.11. The van der Waals surface area contributed by atoms with Crippen molar-refractivity contribution in [3.8, 4) is 0 Å². The van der Waals surface area contributed by atoms with Crippen molar-refractivity contribution in [2.24, 2.45) is 45.3 Å². The van der Waals surface area contributed by atoms with E-state index in [9.17, 15) is 30.6 Å². The smallest absolute Gasteiger partial charge is 0.186 e. The molecule has 0 bridgehead atoms. The summed E-state index contributed by atoms with van der Waals surface area (Å²) in [5, 5.41) is 65.0. The van der Waals surface area contributed by atoms with Crippen molar-refractivity contribution in [1.29, 1.82) is 0 Å². The van der Waals surface area contributed by atoms with Crippen LogP contribution in [0.15, 0.2) is 0 Å². The van der Waals surface area contributed by atoms with Crippen molar-refractivity contribution < 1.29 is 44.8 Å². The van der Waals surface area contributed by atoms with Gasteiger partial charge in [0.2, 0.25) is 0 Å². The summed E-state index contributed by atoms with van der Waals surface area (Å²) in [5.74, 6) is 0.737. The summed E-state index contributed by atoms with van der Waals surface area (Å²) >= 11 is 0. The number of hydrogen-bond acceptors (Lipinski definition) is 9. The van der Waals surface area contributed by atoms with Gasteiger partial charge in [-0.3, -0.25) is 0 Å². The van der Waals surface area contributed by atoms with E-state index in [2.05, 4.69) is 48.5 Å². The molecule has 9 heteroatoms. The highest BCUT2D eigenvalue weighted by molar-refractivity contribution is 5.20. The second-order valence-electron chi connectivity index (χ2n) is 18.2. The molecule has 0 aromatic rings. The molecule has 4 aliphatic carbocycles. The van der Waals surface area contributed by atoms with Gasteiger partial charge in [0.05, 0.1) is 36.1 Å². The number of rotatable bonds is 7. The Morgan fingerprint density at radius 1 is 0.822 bits per heavy atom. The second-order valence-corrected chi connectivity index (χ2v) is 18.2. The van der Waals surface area contributed by atoms with E-state index >= 15 is 0 Å². The summed E-state index contributed by atoms with van der Waals surface area (Å²) in [6.45, 7) is 17.5. The van der Waals surface area contributed by atoms with Crippen LogP contribution in [-0.2, 0) is 14.2 Å². The Kier molecular flexibility index (Phi) is 8.49. The molecular formula is C36H62O9. The predicted molar refractivity (Wildman–Crippen MR) is 168 cm³/mol. The monoisotopic (exact) mass is 638 g/mol. The van der Waals surface area contributed by atoms with Gasteiger partial charge >= 0.3 is 0 Å². The van der Waals surface area contributed by atoms with Gasteiger partial charge < -0.3 is 44.8 Å². The van der Waals surface area contributed by atoms with E-state index in [1.807, 2.05) is 6.92 Å². The van der Waals surface area contributed by atoms with Crippen molar-refractivity contribution in [2.45, 2.75) is 173 Å². The van der Waals surface area contributed by atoms with Crippen molar-refractivity contribution in [2.75, 3.05) is 6.61 Å². The van der Waals surface area contributed by atoms with Gasteiger partial charge in [-0.2, -0.15) is 0 Å². The summed E-state index contributed by atoms with van der Waals surface area (Å²) in [6.07, 6.45) is 1.01. The Balaban J connectivity index is 1.21. The van der Waals surface area contributed by atoms with E-state index in [0.717, 1.165) is 51.4 Å². The zero-order valence-corrected chi connectivity index (χ0v) is 28.9. The van der Waals surface area contributed by atoms with E-state index in [1.54, 1.807) is 0 Å². The van der Waals surface area contributed by atoms with Crippen molar-refractivity contribution in [1.82, 2.24) is 0 Å². The average Bonchev–Trinajstić information content (AvgIpc) is 3.38. The van der Waals surface area contributed by atoms with Crippen LogP contribution in [0.4, 0.5) is 0 Å². The van der Waals surface area contributed by atoms with Gasteiger partial charge in [-0.1, -0.05) is 34.6 Å². The fraction of sp³-hybridized carbons (Fsp3) is 1.00. The molecule has 2 aliphatic heterocycles. The zero-order valence-electron chi connectivity index (χ0n) is 28.9. The molecule has 9 nitrogen and oxygen atoms in total. The molecule has 2 saturated heterocycles. The summed E-state index contributed by atoms with van der Waals surface area (Å²) < 4.78 is 18.0. The lowest BCUT2D eigenvalue weighted by Gasteiger charge is -2.70. The van der Waals surface area contributed by atoms with Gasteiger partial charge in [-0.15, -0.1) is 0 Å². The van der Waals surface area contributed by atoms with Gasteiger partial charge in [0, 0.05) is 0 Å².